The van der Waals surface area contributed by atoms with E-state index in [4.69, 9.17) is 10.5 Å². The molecule has 1 aromatic heterocycles. The van der Waals surface area contributed by atoms with Crippen molar-refractivity contribution in [3.05, 3.63) is 70.3 Å². The van der Waals surface area contributed by atoms with Crippen molar-refractivity contribution in [3.8, 4) is 5.88 Å². The third kappa shape index (κ3) is 4.12. The maximum atomic E-state index is 12.6. The number of aromatic nitrogens is 2. The predicted molar refractivity (Wildman–Crippen MR) is 104 cm³/mol. The Morgan fingerprint density at radius 3 is 2.39 bits per heavy atom. The molecule has 0 saturated carbocycles. The van der Waals surface area contributed by atoms with Gasteiger partial charge in [-0.3, -0.25) is 14.9 Å². The summed E-state index contributed by atoms with van der Waals surface area (Å²) in [5.41, 5.74) is 6.73. The summed E-state index contributed by atoms with van der Waals surface area (Å²) in [6.45, 7) is 0. The van der Waals surface area contributed by atoms with E-state index >= 15 is 0 Å². The second-order valence-electron chi connectivity index (χ2n) is 5.56. The molecule has 0 aliphatic carbocycles. The number of ether oxygens (including phenoxy) is 1. The van der Waals surface area contributed by atoms with Crippen LogP contribution in [0.15, 0.2) is 54.6 Å². The molecule has 0 spiro atoms. The molecular formula is C18H16N6O4. The van der Waals surface area contributed by atoms with Gasteiger partial charge < -0.3 is 21.1 Å². The van der Waals surface area contributed by atoms with Crippen molar-refractivity contribution in [2.75, 3.05) is 23.5 Å². The summed E-state index contributed by atoms with van der Waals surface area (Å²) in [6, 6.07) is 14.3. The van der Waals surface area contributed by atoms with Crippen LogP contribution in [0.5, 0.6) is 5.88 Å². The van der Waals surface area contributed by atoms with Gasteiger partial charge in [0.2, 0.25) is 11.8 Å². The van der Waals surface area contributed by atoms with Crippen molar-refractivity contribution in [1.29, 1.82) is 0 Å². The molecule has 4 N–H and O–H groups in total. The van der Waals surface area contributed by atoms with Gasteiger partial charge >= 0.3 is 0 Å². The number of nitrogens with zero attached hydrogens (tertiary/aromatic N) is 3. The molecule has 28 heavy (non-hydrogen) atoms. The number of nitro benzene ring substituents is 1. The van der Waals surface area contributed by atoms with Gasteiger partial charge in [0.05, 0.1) is 12.0 Å². The fourth-order valence-electron chi connectivity index (χ4n) is 2.39. The number of rotatable bonds is 6. The van der Waals surface area contributed by atoms with Crippen molar-refractivity contribution in [2.24, 2.45) is 0 Å². The molecule has 0 radical (unpaired) electrons. The minimum absolute atomic E-state index is 0.0383. The molecule has 3 aromatic rings. The molecule has 2 aromatic carbocycles. The van der Waals surface area contributed by atoms with Crippen LogP contribution in [0.4, 0.5) is 28.8 Å². The van der Waals surface area contributed by atoms with Crippen LogP contribution in [0.25, 0.3) is 0 Å². The Morgan fingerprint density at radius 2 is 1.79 bits per heavy atom. The lowest BCUT2D eigenvalue weighted by Gasteiger charge is -2.15. The summed E-state index contributed by atoms with van der Waals surface area (Å²) < 4.78 is 5.22. The number of nitro groups is 1. The van der Waals surface area contributed by atoms with Crippen LogP contribution in [0.1, 0.15) is 10.4 Å². The Balaban J connectivity index is 1.93. The normalized spacial score (nSPS) is 10.2. The lowest BCUT2D eigenvalue weighted by Crippen LogP contribution is -2.16. The molecule has 0 aliphatic rings. The fraction of sp³-hybridized carbons (Fsp3) is 0.0556. The number of hydrogen-bond donors (Lipinski definition) is 3. The average Bonchev–Trinajstić information content (AvgIpc) is 2.70. The second kappa shape index (κ2) is 7.99. The summed E-state index contributed by atoms with van der Waals surface area (Å²) in [4.78, 5) is 30.9. The number of anilines is 4. The summed E-state index contributed by atoms with van der Waals surface area (Å²) >= 11 is 0. The van der Waals surface area contributed by atoms with Crippen LogP contribution in [0, 0.1) is 10.1 Å². The van der Waals surface area contributed by atoms with Crippen molar-refractivity contribution in [2.45, 2.75) is 0 Å². The molecule has 0 unspecified atom stereocenters. The second-order valence-corrected chi connectivity index (χ2v) is 5.56. The van der Waals surface area contributed by atoms with E-state index in [-0.39, 0.29) is 34.6 Å². The van der Waals surface area contributed by atoms with Crippen LogP contribution in [0.2, 0.25) is 0 Å². The minimum Gasteiger partial charge on any atom is -0.479 e. The maximum Gasteiger partial charge on any atom is 0.269 e. The lowest BCUT2D eigenvalue weighted by atomic mass is 10.2. The summed E-state index contributed by atoms with van der Waals surface area (Å²) in [5, 5.41) is 16.5. The first-order valence-corrected chi connectivity index (χ1v) is 8.07. The number of non-ortho nitro benzene ring substituents is 1. The average molecular weight is 380 g/mol. The highest BCUT2D eigenvalue weighted by atomic mass is 16.6. The van der Waals surface area contributed by atoms with Crippen molar-refractivity contribution in [3.63, 3.8) is 0 Å². The van der Waals surface area contributed by atoms with E-state index in [1.807, 2.05) is 30.3 Å². The number of benzene rings is 2. The Bertz CT molecular complexity index is 1010. The highest BCUT2D eigenvalue weighted by molar-refractivity contribution is 6.06. The monoisotopic (exact) mass is 380 g/mol. The Labute approximate surface area is 159 Å². The topological polar surface area (TPSA) is 145 Å². The summed E-state index contributed by atoms with van der Waals surface area (Å²) in [7, 11) is 1.38. The van der Waals surface area contributed by atoms with E-state index in [0.717, 1.165) is 0 Å². The van der Waals surface area contributed by atoms with Gasteiger partial charge in [-0.15, -0.1) is 0 Å². The summed E-state index contributed by atoms with van der Waals surface area (Å²) in [5.74, 6) is -0.242. The number of carbonyl (C=O) groups excluding carboxylic acids is 1. The predicted octanol–water partition coefficient (Wildman–Crippen LogP) is 2.97. The van der Waals surface area contributed by atoms with E-state index in [2.05, 4.69) is 20.6 Å². The van der Waals surface area contributed by atoms with E-state index in [1.165, 1.54) is 31.4 Å². The van der Waals surface area contributed by atoms with E-state index in [1.54, 1.807) is 0 Å². The zero-order chi connectivity index (χ0) is 20.1. The van der Waals surface area contributed by atoms with Gasteiger partial charge in [0.1, 0.15) is 5.69 Å². The molecule has 3 rings (SSSR count). The number of hydrogen-bond acceptors (Lipinski definition) is 8. The van der Waals surface area contributed by atoms with Crippen molar-refractivity contribution < 1.29 is 14.5 Å². The molecule has 0 bridgehead atoms. The number of para-hydroxylation sites is 1. The number of methoxy groups -OCH3 is 1. The number of carbonyl (C=O) groups is 1. The molecule has 10 heteroatoms. The first-order valence-electron chi connectivity index (χ1n) is 8.07. The standard InChI is InChI=1S/C18H16N6O4/c1-28-17-14(21-16(25)11-7-9-13(10-8-11)24(26)27)15(22-18(19)23-17)20-12-5-3-2-4-6-12/h2-10H,1H3,(H,21,25)(H3,19,20,22,23). The van der Waals surface area contributed by atoms with Gasteiger partial charge in [0, 0.05) is 23.4 Å². The van der Waals surface area contributed by atoms with Crippen LogP contribution >= 0.6 is 0 Å². The van der Waals surface area contributed by atoms with E-state index in [0.29, 0.717) is 5.69 Å². The molecule has 0 atom stereocenters. The highest BCUT2D eigenvalue weighted by Gasteiger charge is 2.19. The Morgan fingerprint density at radius 1 is 1.11 bits per heavy atom. The Hall–Kier alpha value is -4.21. The largest absolute Gasteiger partial charge is 0.479 e. The van der Waals surface area contributed by atoms with Crippen LogP contribution < -0.4 is 21.1 Å². The zero-order valence-electron chi connectivity index (χ0n) is 14.7. The van der Waals surface area contributed by atoms with E-state index < -0.39 is 10.8 Å². The molecule has 1 amide bonds. The van der Waals surface area contributed by atoms with Gasteiger partial charge in [-0.2, -0.15) is 9.97 Å². The number of nitrogens with one attached hydrogen (secondary N) is 2. The first kappa shape index (κ1) is 18.6. The van der Waals surface area contributed by atoms with Crippen molar-refractivity contribution >= 4 is 34.7 Å². The smallest absolute Gasteiger partial charge is 0.269 e. The van der Waals surface area contributed by atoms with Gasteiger partial charge in [-0.1, -0.05) is 18.2 Å². The zero-order valence-corrected chi connectivity index (χ0v) is 14.7. The highest BCUT2D eigenvalue weighted by Crippen LogP contribution is 2.32. The maximum absolute atomic E-state index is 12.6. The van der Waals surface area contributed by atoms with Crippen LogP contribution in [-0.4, -0.2) is 27.9 Å². The first-order chi connectivity index (χ1) is 13.5. The molecule has 0 aliphatic heterocycles. The molecule has 0 fully saturated rings. The van der Waals surface area contributed by atoms with Gasteiger partial charge in [0.15, 0.2) is 5.82 Å². The summed E-state index contributed by atoms with van der Waals surface area (Å²) in [6.07, 6.45) is 0. The van der Waals surface area contributed by atoms with Gasteiger partial charge in [0.25, 0.3) is 11.6 Å². The lowest BCUT2D eigenvalue weighted by molar-refractivity contribution is -0.384. The van der Waals surface area contributed by atoms with Gasteiger partial charge in [-0.25, -0.2) is 0 Å². The number of nitrogen functional groups attached to an aromatic ring is 1. The number of nitrogens with two attached hydrogens (primary N) is 1. The van der Waals surface area contributed by atoms with E-state index in [9.17, 15) is 14.9 Å². The minimum atomic E-state index is -0.541. The molecular weight excluding hydrogens is 364 g/mol. The Kier molecular flexibility index (Phi) is 5.30. The molecule has 0 saturated heterocycles. The third-order valence-electron chi connectivity index (χ3n) is 3.70. The van der Waals surface area contributed by atoms with Crippen molar-refractivity contribution in [1.82, 2.24) is 9.97 Å². The fourth-order valence-corrected chi connectivity index (χ4v) is 2.39. The molecule has 1 heterocycles. The molecule has 142 valence electrons. The van der Waals surface area contributed by atoms with Gasteiger partial charge in [-0.05, 0) is 24.3 Å². The molecule has 10 nitrogen and oxygen atoms in total. The quantitative estimate of drug-likeness (QED) is 0.437. The van der Waals surface area contributed by atoms with Crippen LogP contribution in [0.3, 0.4) is 0 Å². The SMILES string of the molecule is COc1nc(N)nc(Nc2ccccc2)c1NC(=O)c1ccc([N+](=O)[O-])cc1. The third-order valence-corrected chi connectivity index (χ3v) is 3.70. The number of amides is 1. The van der Waals surface area contributed by atoms with Crippen LogP contribution in [-0.2, 0) is 0 Å².